The minimum Gasteiger partial charge on any atom is -0.480 e. The summed E-state index contributed by atoms with van der Waals surface area (Å²) < 4.78 is 13.1. The molecule has 1 N–H and O–H groups in total. The molecule has 5 rings (SSSR count). The number of rotatable bonds is 12. The minimum absolute atomic E-state index is 0.156. The first-order chi connectivity index (χ1) is 18.0. The molecule has 1 aliphatic heterocycles. The van der Waals surface area contributed by atoms with Gasteiger partial charge in [0.15, 0.2) is 0 Å². The molecule has 1 heterocycles. The maximum atomic E-state index is 13.1. The molecule has 0 radical (unpaired) electrons. The van der Waals surface area contributed by atoms with Crippen LogP contribution in [0.1, 0.15) is 68.4 Å². The fraction of sp³-hybridized carbons (Fsp3) is 0.594. The third-order valence-corrected chi connectivity index (χ3v) is 9.13. The van der Waals surface area contributed by atoms with Gasteiger partial charge in [-0.05, 0) is 111 Å². The zero-order valence-corrected chi connectivity index (χ0v) is 22.1. The fourth-order valence-electron chi connectivity index (χ4n) is 6.89. The average Bonchev–Trinajstić information content (AvgIpc) is 3.62. The van der Waals surface area contributed by atoms with E-state index in [1.165, 1.54) is 62.7 Å². The Bertz CT molecular complexity index is 986. The van der Waals surface area contributed by atoms with Gasteiger partial charge in [-0.1, -0.05) is 48.9 Å². The second-order valence-electron chi connectivity index (χ2n) is 11.9. The monoisotopic (exact) mass is 506 g/mol. The van der Waals surface area contributed by atoms with Crippen LogP contribution >= 0.6 is 0 Å². The number of aryl methyl sites for hydroxylation is 1. The maximum absolute atomic E-state index is 13.1. The number of benzene rings is 2. The molecule has 2 aromatic rings. The molecule has 2 saturated carbocycles. The second-order valence-corrected chi connectivity index (χ2v) is 11.9. The molecule has 3 atom stereocenters. The van der Waals surface area contributed by atoms with Crippen molar-refractivity contribution >= 4 is 5.97 Å². The molecule has 3 fully saturated rings. The van der Waals surface area contributed by atoms with Crippen molar-refractivity contribution in [2.75, 3.05) is 32.7 Å². The Morgan fingerprint density at radius 2 is 1.68 bits per heavy atom. The van der Waals surface area contributed by atoms with Gasteiger partial charge in [0.1, 0.15) is 5.82 Å². The van der Waals surface area contributed by atoms with Crippen molar-refractivity contribution in [1.82, 2.24) is 9.80 Å². The fourth-order valence-corrected chi connectivity index (χ4v) is 6.89. The molecule has 2 aliphatic carbocycles. The van der Waals surface area contributed by atoms with E-state index in [1.54, 1.807) is 12.1 Å². The Kier molecular flexibility index (Phi) is 8.93. The van der Waals surface area contributed by atoms with Crippen molar-refractivity contribution in [3.8, 4) is 0 Å². The number of likely N-dealkylation sites (tertiary alicyclic amines) is 1. The van der Waals surface area contributed by atoms with Crippen LogP contribution < -0.4 is 0 Å². The number of hydrogen-bond donors (Lipinski definition) is 1. The molecule has 37 heavy (non-hydrogen) atoms. The van der Waals surface area contributed by atoms with Gasteiger partial charge in [0.05, 0.1) is 6.54 Å². The summed E-state index contributed by atoms with van der Waals surface area (Å²) in [5, 5.41) is 9.58. The van der Waals surface area contributed by atoms with Crippen LogP contribution in [-0.2, 0) is 11.2 Å². The molecule has 1 saturated heterocycles. The van der Waals surface area contributed by atoms with E-state index in [1.807, 2.05) is 12.1 Å². The van der Waals surface area contributed by atoms with E-state index in [9.17, 15) is 14.3 Å². The summed E-state index contributed by atoms with van der Waals surface area (Å²) in [7, 11) is 0. The lowest BCUT2D eigenvalue weighted by atomic mass is 9.87. The van der Waals surface area contributed by atoms with Crippen molar-refractivity contribution < 1.29 is 14.3 Å². The summed E-state index contributed by atoms with van der Waals surface area (Å²) in [5.74, 6) is 1.74. The number of carboxylic acids is 1. The summed E-state index contributed by atoms with van der Waals surface area (Å²) in [6, 6.07) is 18.3. The van der Waals surface area contributed by atoms with Gasteiger partial charge < -0.3 is 10.0 Å². The highest BCUT2D eigenvalue weighted by molar-refractivity contribution is 5.69. The highest BCUT2D eigenvalue weighted by Crippen LogP contribution is 2.44. The Labute approximate surface area is 221 Å². The molecule has 0 unspecified atom stereocenters. The van der Waals surface area contributed by atoms with Crippen LogP contribution in [0, 0.1) is 23.6 Å². The molecule has 200 valence electrons. The standard InChI is InChI=1S/C32H43FN2O2/c33-29-13-11-24(12-14-29)5-4-6-25-15-17-34(18-16-25)22-28-19-30(20-31(28)27-7-2-1-3-8-27)35(23-32(36)37)21-26-9-10-26/h1-3,7-8,11-14,25-26,28,30-31H,4-6,9-10,15-23H2,(H,36,37)/t28-,30-,31-/m1/s1. The second kappa shape index (κ2) is 12.5. The number of carboxylic acid groups (broad SMARTS) is 1. The molecule has 0 bridgehead atoms. The Hall–Kier alpha value is -2.24. The smallest absolute Gasteiger partial charge is 0.317 e. The lowest BCUT2D eigenvalue weighted by Crippen LogP contribution is -2.40. The van der Waals surface area contributed by atoms with Crippen LogP contribution in [0.25, 0.3) is 0 Å². The van der Waals surface area contributed by atoms with Crippen LogP contribution in [-0.4, -0.2) is 59.6 Å². The van der Waals surface area contributed by atoms with E-state index in [-0.39, 0.29) is 12.4 Å². The quantitative estimate of drug-likeness (QED) is 0.371. The number of piperidine rings is 1. The predicted octanol–water partition coefficient (Wildman–Crippen LogP) is 6.22. The molecular formula is C32H43FN2O2. The third kappa shape index (κ3) is 7.64. The Morgan fingerprint density at radius 3 is 2.35 bits per heavy atom. The zero-order chi connectivity index (χ0) is 25.6. The Balaban J connectivity index is 1.14. The Morgan fingerprint density at radius 1 is 0.946 bits per heavy atom. The first kappa shape index (κ1) is 26.4. The van der Waals surface area contributed by atoms with E-state index < -0.39 is 5.97 Å². The molecule has 5 heteroatoms. The van der Waals surface area contributed by atoms with Crippen molar-refractivity contribution in [1.29, 1.82) is 0 Å². The summed E-state index contributed by atoms with van der Waals surface area (Å²) >= 11 is 0. The third-order valence-electron chi connectivity index (χ3n) is 9.13. The van der Waals surface area contributed by atoms with Crippen molar-refractivity contribution in [3.63, 3.8) is 0 Å². The highest BCUT2D eigenvalue weighted by atomic mass is 19.1. The van der Waals surface area contributed by atoms with Crippen LogP contribution in [0.4, 0.5) is 4.39 Å². The number of carbonyl (C=O) groups is 1. The molecule has 2 aromatic carbocycles. The van der Waals surface area contributed by atoms with Gasteiger partial charge >= 0.3 is 5.97 Å². The lowest BCUT2D eigenvalue weighted by molar-refractivity contribution is -0.139. The maximum Gasteiger partial charge on any atom is 0.317 e. The van der Waals surface area contributed by atoms with Gasteiger partial charge in [-0.3, -0.25) is 9.69 Å². The minimum atomic E-state index is -0.693. The normalized spacial score (nSPS) is 25.1. The summed E-state index contributed by atoms with van der Waals surface area (Å²) in [6.45, 7) is 4.60. The van der Waals surface area contributed by atoms with E-state index >= 15 is 0 Å². The number of aliphatic carboxylic acids is 1. The summed E-state index contributed by atoms with van der Waals surface area (Å²) in [4.78, 5) is 16.6. The van der Waals surface area contributed by atoms with Crippen molar-refractivity contribution in [2.45, 2.75) is 69.7 Å². The first-order valence-corrected chi connectivity index (χ1v) is 14.5. The largest absolute Gasteiger partial charge is 0.480 e. The molecule has 0 spiro atoms. The van der Waals surface area contributed by atoms with Crippen LogP contribution in [0.15, 0.2) is 54.6 Å². The number of nitrogens with zero attached hydrogens (tertiary/aromatic N) is 2. The van der Waals surface area contributed by atoms with Gasteiger partial charge in [0, 0.05) is 19.1 Å². The molecule has 0 aromatic heterocycles. The number of hydrogen-bond acceptors (Lipinski definition) is 3. The predicted molar refractivity (Wildman–Crippen MR) is 146 cm³/mol. The van der Waals surface area contributed by atoms with Gasteiger partial charge in [-0.15, -0.1) is 0 Å². The zero-order valence-electron chi connectivity index (χ0n) is 22.1. The molecule has 4 nitrogen and oxygen atoms in total. The van der Waals surface area contributed by atoms with Gasteiger partial charge in [0.25, 0.3) is 0 Å². The SMILES string of the molecule is O=C(O)CN(CC1CC1)[C@@H]1C[C@H](CN2CCC(CCCc3ccc(F)cc3)CC2)[C@@H](c2ccccc2)C1. The van der Waals surface area contributed by atoms with Crippen LogP contribution in [0.3, 0.4) is 0 Å². The molecule has 0 amide bonds. The van der Waals surface area contributed by atoms with Crippen molar-refractivity contribution in [2.24, 2.45) is 17.8 Å². The summed E-state index contributed by atoms with van der Waals surface area (Å²) in [6.07, 6.45) is 10.7. The van der Waals surface area contributed by atoms with Gasteiger partial charge in [-0.25, -0.2) is 4.39 Å². The lowest BCUT2D eigenvalue weighted by Gasteiger charge is -2.35. The van der Waals surface area contributed by atoms with Gasteiger partial charge in [-0.2, -0.15) is 0 Å². The van der Waals surface area contributed by atoms with Crippen molar-refractivity contribution in [3.05, 3.63) is 71.5 Å². The van der Waals surface area contributed by atoms with Gasteiger partial charge in [0.2, 0.25) is 0 Å². The number of halogens is 1. The summed E-state index contributed by atoms with van der Waals surface area (Å²) in [5.41, 5.74) is 2.66. The van der Waals surface area contributed by atoms with E-state index in [2.05, 4.69) is 40.1 Å². The van der Waals surface area contributed by atoms with E-state index in [0.29, 0.717) is 23.8 Å². The van der Waals surface area contributed by atoms with Crippen LogP contribution in [0.2, 0.25) is 0 Å². The average molecular weight is 507 g/mol. The molecule has 3 aliphatic rings. The van der Waals surface area contributed by atoms with E-state index in [0.717, 1.165) is 38.3 Å². The molecular weight excluding hydrogens is 463 g/mol. The van der Waals surface area contributed by atoms with E-state index in [4.69, 9.17) is 0 Å². The first-order valence-electron chi connectivity index (χ1n) is 14.5. The van der Waals surface area contributed by atoms with Crippen LogP contribution in [0.5, 0.6) is 0 Å². The highest BCUT2D eigenvalue weighted by Gasteiger charge is 2.40. The topological polar surface area (TPSA) is 43.8 Å².